The lowest BCUT2D eigenvalue weighted by Gasteiger charge is -2.22. The van der Waals surface area contributed by atoms with Crippen molar-refractivity contribution in [2.75, 3.05) is 12.4 Å². The molecule has 118 valence electrons. The zero-order valence-electron chi connectivity index (χ0n) is 11.9. The third-order valence-corrected chi connectivity index (χ3v) is 5.05. The van der Waals surface area contributed by atoms with Crippen LogP contribution in [0.25, 0.3) is 0 Å². The van der Waals surface area contributed by atoms with E-state index in [1.54, 1.807) is 47.0 Å². The largest absolute Gasteiger partial charge is 0.321 e. The van der Waals surface area contributed by atoms with Crippen molar-refractivity contribution in [3.05, 3.63) is 62.4 Å². The number of nitrogens with zero attached hydrogens (tertiary/aromatic N) is 2. The van der Waals surface area contributed by atoms with Gasteiger partial charge in [-0.25, -0.2) is 0 Å². The Morgan fingerprint density at radius 3 is 2.65 bits per heavy atom. The van der Waals surface area contributed by atoms with Crippen molar-refractivity contribution in [1.82, 2.24) is 4.31 Å². The standard InChI is InChI=1S/C15H11Cl2N3OS2/c1-20-13(8-12(19-23-20)14-3-2-4-22-14)15(21)18-11-6-9(16)5-10(17)7-11/h2-8H,1H3,(H,18,21). The molecule has 8 heteroatoms. The number of nitrogens with one attached hydrogen (secondary N) is 1. The van der Waals surface area contributed by atoms with E-state index in [1.807, 2.05) is 17.5 Å². The van der Waals surface area contributed by atoms with Gasteiger partial charge in [-0.3, -0.25) is 9.10 Å². The number of likely N-dealkylation sites (N-methyl/N-ethyl adjacent to an activating group) is 1. The van der Waals surface area contributed by atoms with Gasteiger partial charge in [0.1, 0.15) is 5.70 Å². The van der Waals surface area contributed by atoms with Gasteiger partial charge in [0.2, 0.25) is 0 Å². The van der Waals surface area contributed by atoms with Gasteiger partial charge in [-0.15, -0.1) is 11.3 Å². The van der Waals surface area contributed by atoms with Crippen LogP contribution in [-0.2, 0) is 4.79 Å². The molecule has 0 aliphatic carbocycles. The van der Waals surface area contributed by atoms with E-state index in [1.165, 1.54) is 12.1 Å². The first-order valence-electron chi connectivity index (χ1n) is 6.55. The number of halogens is 2. The number of carbonyl (C=O) groups excluding carboxylic acids is 1. The Hall–Kier alpha value is -1.47. The second-order valence-corrected chi connectivity index (χ2v) is 7.39. The minimum absolute atomic E-state index is 0.248. The zero-order chi connectivity index (χ0) is 16.4. The van der Waals surface area contributed by atoms with E-state index < -0.39 is 0 Å². The van der Waals surface area contributed by atoms with Gasteiger partial charge in [-0.05, 0) is 35.7 Å². The Morgan fingerprint density at radius 2 is 2.00 bits per heavy atom. The summed E-state index contributed by atoms with van der Waals surface area (Å²) in [7, 11) is 1.79. The van der Waals surface area contributed by atoms with Crippen LogP contribution in [0.1, 0.15) is 4.88 Å². The van der Waals surface area contributed by atoms with Crippen molar-refractivity contribution in [3.63, 3.8) is 0 Å². The molecule has 0 bridgehead atoms. The number of allylic oxidation sites excluding steroid dienone is 1. The van der Waals surface area contributed by atoms with E-state index in [9.17, 15) is 4.79 Å². The molecule has 0 unspecified atom stereocenters. The van der Waals surface area contributed by atoms with Crippen molar-refractivity contribution < 1.29 is 4.79 Å². The SMILES string of the molecule is CN1SN=C(c2cccs2)C=C1C(=O)Nc1cc(Cl)cc(Cl)c1. The molecule has 0 radical (unpaired) electrons. The van der Waals surface area contributed by atoms with Gasteiger partial charge in [-0.2, -0.15) is 4.40 Å². The molecule has 0 saturated carbocycles. The van der Waals surface area contributed by atoms with Crippen LogP contribution in [-0.4, -0.2) is 23.0 Å². The first kappa shape index (κ1) is 16.4. The van der Waals surface area contributed by atoms with Gasteiger partial charge in [0.05, 0.1) is 22.7 Å². The van der Waals surface area contributed by atoms with Gasteiger partial charge < -0.3 is 5.32 Å². The lowest BCUT2D eigenvalue weighted by molar-refractivity contribution is -0.113. The van der Waals surface area contributed by atoms with Crippen LogP contribution in [0.4, 0.5) is 5.69 Å². The summed E-state index contributed by atoms with van der Waals surface area (Å²) < 4.78 is 6.10. The number of hydrogen-bond acceptors (Lipinski definition) is 5. The van der Waals surface area contributed by atoms with Gasteiger partial charge >= 0.3 is 0 Å². The maximum absolute atomic E-state index is 12.5. The Balaban J connectivity index is 1.84. The molecule has 0 atom stereocenters. The van der Waals surface area contributed by atoms with Crippen LogP contribution in [0.5, 0.6) is 0 Å². The first-order chi connectivity index (χ1) is 11.0. The molecule has 0 spiro atoms. The van der Waals surface area contributed by atoms with Crippen LogP contribution in [0, 0.1) is 0 Å². The average Bonchev–Trinajstić information content (AvgIpc) is 3.00. The van der Waals surface area contributed by atoms with Gasteiger partial charge in [0.25, 0.3) is 5.91 Å². The summed E-state index contributed by atoms with van der Waals surface area (Å²) in [6.45, 7) is 0. The molecule has 1 aliphatic heterocycles. The van der Waals surface area contributed by atoms with Crippen molar-refractivity contribution in [3.8, 4) is 0 Å². The predicted molar refractivity (Wildman–Crippen MR) is 99.4 cm³/mol. The quantitative estimate of drug-likeness (QED) is 0.768. The molecular formula is C15H11Cl2N3OS2. The fraction of sp³-hybridized carbons (Fsp3) is 0.0667. The Bertz CT molecular complexity index is 783. The topological polar surface area (TPSA) is 44.7 Å². The molecule has 1 amide bonds. The molecule has 1 aliphatic rings. The van der Waals surface area contributed by atoms with E-state index in [-0.39, 0.29) is 5.91 Å². The van der Waals surface area contributed by atoms with Crippen LogP contribution in [0.2, 0.25) is 10.0 Å². The Labute approximate surface area is 152 Å². The summed E-state index contributed by atoms with van der Waals surface area (Å²) in [6, 6.07) is 8.83. The fourth-order valence-electron chi connectivity index (χ4n) is 1.97. The lowest BCUT2D eigenvalue weighted by atomic mass is 10.2. The van der Waals surface area contributed by atoms with E-state index in [0.717, 1.165) is 10.6 Å². The summed E-state index contributed by atoms with van der Waals surface area (Å²) in [5.41, 5.74) is 1.83. The van der Waals surface area contributed by atoms with Crippen molar-refractivity contribution >= 4 is 64.0 Å². The minimum Gasteiger partial charge on any atom is -0.321 e. The van der Waals surface area contributed by atoms with Gasteiger partial charge in [0.15, 0.2) is 0 Å². The van der Waals surface area contributed by atoms with Gasteiger partial charge in [0, 0.05) is 22.8 Å². The molecule has 2 heterocycles. The second kappa shape index (κ2) is 6.97. The third kappa shape index (κ3) is 3.90. The Kier molecular flexibility index (Phi) is 4.96. The number of rotatable bonds is 3. The highest BCUT2D eigenvalue weighted by molar-refractivity contribution is 7.96. The summed E-state index contributed by atoms with van der Waals surface area (Å²) >= 11 is 14.7. The monoisotopic (exact) mass is 383 g/mol. The number of amides is 1. The normalized spacial score (nSPS) is 14.3. The molecule has 4 nitrogen and oxygen atoms in total. The maximum Gasteiger partial charge on any atom is 0.272 e. The summed E-state index contributed by atoms with van der Waals surface area (Å²) in [4.78, 5) is 13.6. The van der Waals surface area contributed by atoms with Crippen LogP contribution >= 0.6 is 46.7 Å². The van der Waals surface area contributed by atoms with E-state index in [0.29, 0.717) is 21.4 Å². The lowest BCUT2D eigenvalue weighted by Crippen LogP contribution is -2.26. The summed E-state index contributed by atoms with van der Waals surface area (Å²) in [5.74, 6) is -0.248. The molecule has 1 aromatic heterocycles. The second-order valence-electron chi connectivity index (χ2n) is 4.67. The van der Waals surface area contributed by atoms with E-state index in [4.69, 9.17) is 23.2 Å². The zero-order valence-corrected chi connectivity index (χ0v) is 15.1. The minimum atomic E-state index is -0.248. The van der Waals surface area contributed by atoms with E-state index in [2.05, 4.69) is 9.71 Å². The molecule has 2 aromatic rings. The Morgan fingerprint density at radius 1 is 1.26 bits per heavy atom. The molecule has 0 saturated heterocycles. The molecule has 1 aromatic carbocycles. The summed E-state index contributed by atoms with van der Waals surface area (Å²) in [6.07, 6.45) is 1.77. The molecule has 3 rings (SSSR count). The molecular weight excluding hydrogens is 373 g/mol. The van der Waals surface area contributed by atoms with Crippen molar-refractivity contribution in [1.29, 1.82) is 0 Å². The smallest absolute Gasteiger partial charge is 0.272 e. The highest BCUT2D eigenvalue weighted by Gasteiger charge is 2.21. The summed E-state index contributed by atoms with van der Waals surface area (Å²) in [5, 5.41) is 5.71. The van der Waals surface area contributed by atoms with Crippen molar-refractivity contribution in [2.45, 2.75) is 0 Å². The van der Waals surface area contributed by atoms with Gasteiger partial charge in [-0.1, -0.05) is 29.3 Å². The van der Waals surface area contributed by atoms with E-state index >= 15 is 0 Å². The maximum atomic E-state index is 12.5. The third-order valence-electron chi connectivity index (χ3n) is 3.00. The van der Waals surface area contributed by atoms with Crippen LogP contribution < -0.4 is 5.32 Å². The number of hydrogen-bond donors (Lipinski definition) is 1. The number of thiophene rings is 1. The first-order valence-corrected chi connectivity index (χ1v) is 8.91. The molecule has 23 heavy (non-hydrogen) atoms. The van der Waals surface area contributed by atoms with Crippen LogP contribution in [0.3, 0.4) is 0 Å². The molecule has 0 fully saturated rings. The molecule has 1 N–H and O–H groups in total. The highest BCUT2D eigenvalue weighted by atomic mass is 35.5. The number of anilines is 1. The van der Waals surface area contributed by atoms with Crippen molar-refractivity contribution in [2.24, 2.45) is 4.40 Å². The average molecular weight is 384 g/mol. The number of benzene rings is 1. The van der Waals surface area contributed by atoms with Crippen LogP contribution in [0.15, 0.2) is 51.9 Å². The highest BCUT2D eigenvalue weighted by Crippen LogP contribution is 2.27. The fourth-order valence-corrected chi connectivity index (χ4v) is 3.82. The number of carbonyl (C=O) groups is 1. The predicted octanol–water partition coefficient (Wildman–Crippen LogP) is 4.88.